The van der Waals surface area contributed by atoms with Crippen LogP contribution in [-0.4, -0.2) is 17.2 Å². The van der Waals surface area contributed by atoms with Gasteiger partial charge in [0, 0.05) is 0 Å². The summed E-state index contributed by atoms with van der Waals surface area (Å²) in [6.07, 6.45) is -4.40. The first kappa shape index (κ1) is 12.3. The maximum atomic E-state index is 12.6. The Morgan fingerprint density at radius 2 is 2.00 bits per heavy atom. The van der Waals surface area contributed by atoms with E-state index in [9.17, 15) is 13.2 Å². The number of aliphatic imine (C=N–C) groups is 1. The van der Waals surface area contributed by atoms with Gasteiger partial charge < -0.3 is 0 Å². The van der Waals surface area contributed by atoms with Crippen LogP contribution in [-0.2, 0) is 6.18 Å². The van der Waals surface area contributed by atoms with Crippen molar-refractivity contribution in [3.63, 3.8) is 0 Å². The number of nitrogens with zero attached hydrogens (tertiary/aromatic N) is 2. The summed E-state index contributed by atoms with van der Waals surface area (Å²) >= 11 is -0.503. The van der Waals surface area contributed by atoms with Crippen molar-refractivity contribution in [2.45, 2.75) is 6.18 Å². The molecule has 0 radical (unpaired) electrons. The van der Waals surface area contributed by atoms with Crippen LogP contribution in [0, 0.1) is 0 Å². The van der Waals surface area contributed by atoms with Crippen LogP contribution >= 0.6 is 0 Å². The van der Waals surface area contributed by atoms with Crippen LogP contribution in [0.15, 0.2) is 26.4 Å². The average Bonchev–Trinajstić information content (AvgIpc) is 2.80. The van der Waals surface area contributed by atoms with Gasteiger partial charge in [-0.15, -0.1) is 0 Å². The third-order valence-corrected chi connectivity index (χ3v) is 3.33. The zero-order valence-electron chi connectivity index (χ0n) is 8.62. The molecule has 0 atom stereocenters. The van der Waals surface area contributed by atoms with Crippen LogP contribution in [0.25, 0.3) is 0 Å². The standard InChI is InChI=1S/C10H7F3IN2O/c1-17-8-3-6(9-15-5-14-16-9)2-7(4-8)10(11,12)13/h2-5H,1H3/q-1. The van der Waals surface area contributed by atoms with E-state index >= 15 is 0 Å². The van der Waals surface area contributed by atoms with E-state index in [4.69, 9.17) is 4.74 Å². The van der Waals surface area contributed by atoms with Crippen molar-refractivity contribution in [2.24, 2.45) is 8.20 Å². The minimum absolute atomic E-state index is 0.151. The molecule has 1 aliphatic rings. The Balaban J connectivity index is 2.49. The number of halogens is 4. The first-order valence-electron chi connectivity index (χ1n) is 4.50. The van der Waals surface area contributed by atoms with Gasteiger partial charge in [-0.05, 0) is 0 Å². The summed E-state index contributed by atoms with van der Waals surface area (Å²) in [5.74, 6) is 0.500. The number of methoxy groups -OCH3 is 1. The van der Waals surface area contributed by atoms with Gasteiger partial charge >= 0.3 is 106 Å². The molecule has 0 amide bonds. The Morgan fingerprint density at radius 1 is 1.24 bits per heavy atom. The zero-order valence-corrected chi connectivity index (χ0v) is 10.8. The summed E-state index contributed by atoms with van der Waals surface area (Å²) < 4.78 is 48.5. The normalized spacial score (nSPS) is 15.4. The molecule has 0 fully saturated rings. The molecule has 1 aromatic carbocycles. The molecule has 0 N–H and O–H groups in total. The fourth-order valence-corrected chi connectivity index (χ4v) is 2.47. The Morgan fingerprint density at radius 3 is 2.53 bits per heavy atom. The summed E-state index contributed by atoms with van der Waals surface area (Å²) in [7, 11) is 1.33. The SMILES string of the molecule is COc1cc(C2=N[I-]C=N2)cc(C(F)(F)F)c1. The molecular formula is C10H7F3IN2O-. The van der Waals surface area contributed by atoms with Crippen molar-refractivity contribution in [1.82, 2.24) is 0 Å². The molecule has 7 heteroatoms. The van der Waals surface area contributed by atoms with Crippen LogP contribution < -0.4 is 26.2 Å². The van der Waals surface area contributed by atoms with Gasteiger partial charge in [0.1, 0.15) is 0 Å². The molecule has 0 spiro atoms. The van der Waals surface area contributed by atoms with Crippen LogP contribution in [0.2, 0.25) is 0 Å². The Labute approximate surface area is 106 Å². The molecular weight excluding hydrogens is 348 g/mol. The number of hydrogen-bond acceptors (Lipinski definition) is 3. The molecule has 1 heterocycles. The number of rotatable bonds is 2. The summed E-state index contributed by atoms with van der Waals surface area (Å²) in [6, 6.07) is 3.49. The number of amidine groups is 1. The molecule has 3 nitrogen and oxygen atoms in total. The topological polar surface area (TPSA) is 34.0 Å². The van der Waals surface area contributed by atoms with E-state index in [0.717, 1.165) is 12.1 Å². The number of ether oxygens (including phenoxy) is 1. The second-order valence-corrected chi connectivity index (χ2v) is 4.78. The fraction of sp³-hybridized carbons (Fsp3) is 0.200. The zero-order chi connectivity index (χ0) is 12.5. The number of hydrogen-bond donors (Lipinski definition) is 0. The second kappa shape index (κ2) is 4.63. The maximum absolute atomic E-state index is 12.6. The van der Waals surface area contributed by atoms with Crippen molar-refractivity contribution in [2.75, 3.05) is 7.11 Å². The average molecular weight is 355 g/mol. The molecule has 92 valence electrons. The monoisotopic (exact) mass is 355 g/mol. The van der Waals surface area contributed by atoms with E-state index in [2.05, 4.69) is 8.20 Å². The summed E-state index contributed by atoms with van der Waals surface area (Å²) in [5.41, 5.74) is -0.417. The molecule has 0 aromatic heterocycles. The first-order chi connectivity index (χ1) is 8.00. The van der Waals surface area contributed by atoms with Crippen LogP contribution in [0.5, 0.6) is 5.75 Å². The second-order valence-electron chi connectivity index (χ2n) is 3.18. The Kier molecular flexibility index (Phi) is 3.36. The van der Waals surface area contributed by atoms with Gasteiger partial charge in [0.05, 0.1) is 0 Å². The van der Waals surface area contributed by atoms with Gasteiger partial charge in [0.15, 0.2) is 0 Å². The molecule has 0 saturated heterocycles. The quantitative estimate of drug-likeness (QED) is 0.660. The van der Waals surface area contributed by atoms with E-state index < -0.39 is 33.2 Å². The third kappa shape index (κ3) is 2.76. The van der Waals surface area contributed by atoms with Gasteiger partial charge in [0.2, 0.25) is 0 Å². The first-order valence-corrected chi connectivity index (χ1v) is 6.71. The van der Waals surface area contributed by atoms with Gasteiger partial charge in [-0.2, -0.15) is 0 Å². The van der Waals surface area contributed by atoms with E-state index in [1.54, 1.807) is 4.22 Å². The molecule has 0 bridgehead atoms. The number of alkyl halides is 3. The molecule has 0 saturated carbocycles. The van der Waals surface area contributed by atoms with Gasteiger partial charge in [-0.3, -0.25) is 0 Å². The third-order valence-electron chi connectivity index (χ3n) is 2.07. The fourth-order valence-electron chi connectivity index (χ4n) is 1.29. The van der Waals surface area contributed by atoms with Crippen molar-refractivity contribution in [3.8, 4) is 5.75 Å². The van der Waals surface area contributed by atoms with E-state index in [1.807, 2.05) is 0 Å². The van der Waals surface area contributed by atoms with E-state index in [-0.39, 0.29) is 5.75 Å². The van der Waals surface area contributed by atoms with Crippen molar-refractivity contribution in [1.29, 1.82) is 0 Å². The minimum atomic E-state index is -4.40. The van der Waals surface area contributed by atoms with Crippen LogP contribution in [0.4, 0.5) is 13.2 Å². The Bertz CT molecular complexity index is 497. The molecule has 0 unspecified atom stereocenters. The van der Waals surface area contributed by atoms with E-state index in [1.165, 1.54) is 13.2 Å². The molecule has 1 aromatic rings. The predicted molar refractivity (Wildman–Crippen MR) is 53.0 cm³/mol. The number of benzene rings is 1. The molecule has 0 aliphatic carbocycles. The Hall–Kier alpha value is -1.12. The summed E-state index contributed by atoms with van der Waals surface area (Å²) in [5, 5.41) is 0. The molecule has 1 aliphatic heterocycles. The predicted octanol–water partition coefficient (Wildman–Crippen LogP) is -0.494. The summed E-state index contributed by atoms with van der Waals surface area (Å²) in [6.45, 7) is 0. The van der Waals surface area contributed by atoms with Crippen LogP contribution in [0.1, 0.15) is 11.1 Å². The molecule has 2 rings (SSSR count). The van der Waals surface area contributed by atoms with Crippen LogP contribution in [0.3, 0.4) is 0 Å². The van der Waals surface area contributed by atoms with Gasteiger partial charge in [0.25, 0.3) is 0 Å². The summed E-state index contributed by atoms with van der Waals surface area (Å²) in [4.78, 5) is 3.96. The van der Waals surface area contributed by atoms with Crippen molar-refractivity contribution >= 4 is 10.1 Å². The molecule has 17 heavy (non-hydrogen) atoms. The van der Waals surface area contributed by atoms with Gasteiger partial charge in [-0.25, -0.2) is 0 Å². The van der Waals surface area contributed by atoms with Crippen molar-refractivity contribution in [3.05, 3.63) is 29.3 Å². The van der Waals surface area contributed by atoms with E-state index in [0.29, 0.717) is 11.4 Å². The van der Waals surface area contributed by atoms with Crippen molar-refractivity contribution < 1.29 is 39.4 Å². The van der Waals surface area contributed by atoms with Gasteiger partial charge in [-0.1, -0.05) is 0 Å².